The van der Waals surface area contributed by atoms with Gasteiger partial charge in [0.25, 0.3) is 0 Å². The van der Waals surface area contributed by atoms with Gasteiger partial charge in [0.2, 0.25) is 0 Å². The third kappa shape index (κ3) is 6.59. The SMILES string of the molecule is CCOC(=O)C[C@@H](OCC)c1ccc(OCc2ccc(Cl)c(Cl)c2)c([N+](=O)[O-])c1. The molecule has 0 saturated carbocycles. The van der Waals surface area contributed by atoms with Crippen LogP contribution in [0.2, 0.25) is 10.0 Å². The predicted octanol–water partition coefficient (Wildman–Crippen LogP) is 5.51. The van der Waals surface area contributed by atoms with E-state index in [0.717, 1.165) is 0 Å². The summed E-state index contributed by atoms with van der Waals surface area (Å²) in [5.74, 6) is -0.343. The number of esters is 1. The van der Waals surface area contributed by atoms with E-state index in [1.807, 2.05) is 0 Å². The Morgan fingerprint density at radius 1 is 1.10 bits per heavy atom. The number of rotatable bonds is 10. The van der Waals surface area contributed by atoms with Gasteiger partial charge < -0.3 is 14.2 Å². The summed E-state index contributed by atoms with van der Waals surface area (Å²) >= 11 is 11.9. The second-order valence-corrected chi connectivity index (χ2v) is 6.79. The third-order valence-electron chi connectivity index (χ3n) is 3.96. The molecule has 0 aliphatic rings. The van der Waals surface area contributed by atoms with Gasteiger partial charge in [-0.25, -0.2) is 0 Å². The summed E-state index contributed by atoms with van der Waals surface area (Å²) in [6.07, 6.45) is -0.690. The Morgan fingerprint density at radius 2 is 1.86 bits per heavy atom. The Labute approximate surface area is 178 Å². The Balaban J connectivity index is 2.22. The number of hydrogen-bond donors (Lipinski definition) is 0. The van der Waals surface area contributed by atoms with Gasteiger partial charge in [-0.15, -0.1) is 0 Å². The van der Waals surface area contributed by atoms with Gasteiger partial charge in [-0.2, -0.15) is 0 Å². The van der Waals surface area contributed by atoms with Gasteiger partial charge in [-0.1, -0.05) is 35.3 Å². The van der Waals surface area contributed by atoms with E-state index in [2.05, 4.69) is 0 Å². The van der Waals surface area contributed by atoms with E-state index >= 15 is 0 Å². The van der Waals surface area contributed by atoms with E-state index in [4.69, 9.17) is 37.4 Å². The lowest BCUT2D eigenvalue weighted by molar-refractivity contribution is -0.386. The van der Waals surface area contributed by atoms with E-state index in [-0.39, 0.29) is 31.1 Å². The topological polar surface area (TPSA) is 87.9 Å². The fraction of sp³-hybridized carbons (Fsp3) is 0.350. The van der Waals surface area contributed by atoms with Crippen LogP contribution in [0.5, 0.6) is 5.75 Å². The molecule has 0 amide bonds. The average molecular weight is 442 g/mol. The molecule has 1 atom stereocenters. The van der Waals surface area contributed by atoms with Crippen molar-refractivity contribution < 1.29 is 23.9 Å². The third-order valence-corrected chi connectivity index (χ3v) is 4.69. The predicted molar refractivity (Wildman–Crippen MR) is 110 cm³/mol. The summed E-state index contributed by atoms with van der Waals surface area (Å²) in [5, 5.41) is 12.3. The largest absolute Gasteiger partial charge is 0.482 e. The number of nitro benzene ring substituents is 1. The second kappa shape index (κ2) is 11.0. The molecule has 0 bridgehead atoms. The number of carbonyl (C=O) groups is 1. The lowest BCUT2D eigenvalue weighted by Crippen LogP contribution is -2.13. The maximum atomic E-state index is 11.8. The first kappa shape index (κ1) is 22.9. The average Bonchev–Trinajstić information content (AvgIpc) is 2.68. The lowest BCUT2D eigenvalue weighted by atomic mass is 10.1. The first-order chi connectivity index (χ1) is 13.8. The van der Waals surface area contributed by atoms with Gasteiger partial charge in [0.1, 0.15) is 6.61 Å². The molecule has 0 fully saturated rings. The molecule has 0 unspecified atom stereocenters. The van der Waals surface area contributed by atoms with Crippen molar-refractivity contribution in [3.05, 3.63) is 67.7 Å². The number of benzene rings is 2. The van der Waals surface area contributed by atoms with Crippen LogP contribution in [0.15, 0.2) is 36.4 Å². The van der Waals surface area contributed by atoms with Gasteiger partial charge >= 0.3 is 11.7 Å². The highest BCUT2D eigenvalue weighted by molar-refractivity contribution is 6.42. The van der Waals surface area contributed by atoms with Crippen molar-refractivity contribution >= 4 is 34.9 Å². The molecule has 156 valence electrons. The Morgan fingerprint density at radius 3 is 2.48 bits per heavy atom. The van der Waals surface area contributed by atoms with Gasteiger partial charge in [-0.05, 0) is 43.2 Å². The van der Waals surface area contributed by atoms with Crippen LogP contribution < -0.4 is 4.74 Å². The smallest absolute Gasteiger partial charge is 0.311 e. The number of nitro groups is 1. The molecular formula is C20H21Cl2NO6. The highest BCUT2D eigenvalue weighted by Crippen LogP contribution is 2.33. The van der Waals surface area contributed by atoms with E-state index < -0.39 is 17.0 Å². The van der Waals surface area contributed by atoms with Crippen LogP contribution >= 0.6 is 23.2 Å². The maximum Gasteiger partial charge on any atom is 0.311 e. The molecule has 2 aromatic carbocycles. The standard InChI is InChI=1S/C20H21Cl2NO6/c1-3-27-19(11-20(24)28-4-2)14-6-8-18(17(10-14)23(25)26)29-12-13-5-7-15(21)16(22)9-13/h5-10,19H,3-4,11-12H2,1-2H3/t19-/m1/s1. The van der Waals surface area contributed by atoms with Crippen molar-refractivity contribution in [2.24, 2.45) is 0 Å². The van der Waals surface area contributed by atoms with Crippen LogP contribution in [-0.4, -0.2) is 24.1 Å². The highest BCUT2D eigenvalue weighted by atomic mass is 35.5. The summed E-state index contributed by atoms with van der Waals surface area (Å²) in [7, 11) is 0. The zero-order chi connectivity index (χ0) is 21.4. The molecule has 0 aliphatic carbocycles. The van der Waals surface area contributed by atoms with Crippen LogP contribution in [-0.2, 0) is 20.9 Å². The summed E-state index contributed by atoms with van der Waals surface area (Å²) in [4.78, 5) is 22.8. The Bertz CT molecular complexity index is 874. The molecular weight excluding hydrogens is 421 g/mol. The summed E-state index contributed by atoms with van der Waals surface area (Å²) in [6.45, 7) is 4.15. The molecule has 7 nitrogen and oxygen atoms in total. The second-order valence-electron chi connectivity index (χ2n) is 5.97. The molecule has 9 heteroatoms. The molecule has 2 aromatic rings. The molecule has 0 aromatic heterocycles. The molecule has 0 N–H and O–H groups in total. The van der Waals surface area contributed by atoms with Crippen molar-refractivity contribution in [3.8, 4) is 5.75 Å². The van der Waals surface area contributed by atoms with Gasteiger partial charge in [0, 0.05) is 12.7 Å². The fourth-order valence-corrected chi connectivity index (χ4v) is 2.96. The number of ether oxygens (including phenoxy) is 3. The number of carbonyl (C=O) groups excluding carboxylic acids is 1. The quantitative estimate of drug-likeness (QED) is 0.274. The van der Waals surface area contributed by atoms with Crippen LogP contribution in [0.4, 0.5) is 5.69 Å². The molecule has 0 aliphatic heterocycles. The monoisotopic (exact) mass is 441 g/mol. The van der Waals surface area contributed by atoms with Gasteiger partial charge in [0.15, 0.2) is 5.75 Å². The molecule has 0 radical (unpaired) electrons. The number of nitrogens with zero attached hydrogens (tertiary/aromatic N) is 1. The molecule has 0 heterocycles. The Hall–Kier alpha value is -2.35. The van der Waals surface area contributed by atoms with Crippen molar-refractivity contribution in [1.29, 1.82) is 0 Å². The van der Waals surface area contributed by atoms with Crippen molar-refractivity contribution in [2.75, 3.05) is 13.2 Å². The van der Waals surface area contributed by atoms with Crippen molar-refractivity contribution in [3.63, 3.8) is 0 Å². The van der Waals surface area contributed by atoms with Crippen LogP contribution in [0, 0.1) is 10.1 Å². The first-order valence-electron chi connectivity index (χ1n) is 8.98. The Kier molecular flexibility index (Phi) is 8.70. The minimum atomic E-state index is -0.651. The number of hydrogen-bond acceptors (Lipinski definition) is 6. The molecule has 0 saturated heterocycles. The maximum absolute atomic E-state index is 11.8. The van der Waals surface area contributed by atoms with Crippen LogP contribution in [0.1, 0.15) is 37.5 Å². The molecule has 2 rings (SSSR count). The van der Waals surface area contributed by atoms with Gasteiger partial charge in [-0.3, -0.25) is 14.9 Å². The zero-order valence-electron chi connectivity index (χ0n) is 16.0. The van der Waals surface area contributed by atoms with E-state index in [1.165, 1.54) is 12.1 Å². The van der Waals surface area contributed by atoms with Crippen LogP contribution in [0.3, 0.4) is 0 Å². The lowest BCUT2D eigenvalue weighted by Gasteiger charge is -2.17. The van der Waals surface area contributed by atoms with E-state index in [1.54, 1.807) is 38.1 Å². The minimum absolute atomic E-state index is 0.0394. The van der Waals surface area contributed by atoms with Crippen molar-refractivity contribution in [1.82, 2.24) is 0 Å². The molecule has 0 spiro atoms. The summed E-state index contributed by atoms with van der Waals surface area (Å²) in [5.41, 5.74) is 0.983. The highest BCUT2D eigenvalue weighted by Gasteiger charge is 2.23. The first-order valence-corrected chi connectivity index (χ1v) is 9.73. The summed E-state index contributed by atoms with van der Waals surface area (Å²) < 4.78 is 16.1. The minimum Gasteiger partial charge on any atom is -0.482 e. The zero-order valence-corrected chi connectivity index (χ0v) is 17.5. The van der Waals surface area contributed by atoms with Crippen molar-refractivity contribution in [2.45, 2.75) is 33.0 Å². The normalized spacial score (nSPS) is 11.7. The number of halogens is 2. The van der Waals surface area contributed by atoms with Gasteiger partial charge in [0.05, 0.1) is 34.1 Å². The van der Waals surface area contributed by atoms with E-state index in [0.29, 0.717) is 27.8 Å². The fourth-order valence-electron chi connectivity index (χ4n) is 2.64. The van der Waals surface area contributed by atoms with Crippen LogP contribution in [0.25, 0.3) is 0 Å². The molecule has 29 heavy (non-hydrogen) atoms. The van der Waals surface area contributed by atoms with E-state index in [9.17, 15) is 14.9 Å². The summed E-state index contributed by atoms with van der Waals surface area (Å²) in [6, 6.07) is 9.46.